The second-order valence-corrected chi connectivity index (χ2v) is 6.15. The van der Waals surface area contributed by atoms with E-state index < -0.39 is 0 Å². The van der Waals surface area contributed by atoms with Gasteiger partial charge in [-0.05, 0) is 55.3 Å². The maximum absolute atomic E-state index is 12.2. The zero-order valence-corrected chi connectivity index (χ0v) is 12.2. The number of hydrogen-bond acceptors (Lipinski definition) is 2. The Morgan fingerprint density at radius 2 is 1.90 bits per heavy atom. The van der Waals surface area contributed by atoms with Gasteiger partial charge in [0.2, 0.25) is 5.91 Å². The third-order valence-electron chi connectivity index (χ3n) is 4.69. The van der Waals surface area contributed by atoms with Crippen LogP contribution in [0, 0.1) is 17.8 Å². The predicted molar refractivity (Wildman–Crippen MR) is 81.4 cm³/mol. The molecule has 2 aliphatic carbocycles. The molecule has 0 heterocycles. The predicted octanol–water partition coefficient (Wildman–Crippen LogP) is 3.17. The van der Waals surface area contributed by atoms with Crippen molar-refractivity contribution >= 4 is 11.6 Å². The number of amides is 1. The fourth-order valence-corrected chi connectivity index (χ4v) is 3.55. The average Bonchev–Trinajstić information content (AvgIpc) is 2.95. The fourth-order valence-electron chi connectivity index (χ4n) is 3.55. The molecule has 3 rings (SSSR count). The van der Waals surface area contributed by atoms with Gasteiger partial charge in [0.15, 0.2) is 0 Å². The van der Waals surface area contributed by atoms with Crippen LogP contribution in [-0.4, -0.2) is 12.5 Å². The third kappa shape index (κ3) is 2.88. The van der Waals surface area contributed by atoms with E-state index in [0.29, 0.717) is 17.8 Å². The van der Waals surface area contributed by atoms with Crippen molar-refractivity contribution in [3.8, 4) is 0 Å². The van der Waals surface area contributed by atoms with E-state index in [-0.39, 0.29) is 5.91 Å². The minimum atomic E-state index is 0.233. The number of hydrogen-bond donors (Lipinski definition) is 2. The van der Waals surface area contributed by atoms with Crippen LogP contribution in [0.2, 0.25) is 0 Å². The highest BCUT2D eigenvalue weighted by Crippen LogP contribution is 2.57. The van der Waals surface area contributed by atoms with Crippen LogP contribution < -0.4 is 10.6 Å². The van der Waals surface area contributed by atoms with Gasteiger partial charge >= 0.3 is 0 Å². The standard InChI is InChI=1S/C17H24N2O/c1-2-10-18-11-12-6-8-13(9-7-12)19-17(20)16-14-4-3-5-15(14)16/h6-9,14-16,18H,2-5,10-11H2,1H3,(H,19,20). The molecule has 2 saturated carbocycles. The average molecular weight is 272 g/mol. The minimum absolute atomic E-state index is 0.233. The van der Waals surface area contributed by atoms with Gasteiger partial charge < -0.3 is 10.6 Å². The maximum atomic E-state index is 12.2. The van der Waals surface area contributed by atoms with Crippen molar-refractivity contribution in [1.82, 2.24) is 5.32 Å². The summed E-state index contributed by atoms with van der Waals surface area (Å²) in [6.07, 6.45) is 4.98. The van der Waals surface area contributed by atoms with Gasteiger partial charge in [0.05, 0.1) is 0 Å². The highest BCUT2D eigenvalue weighted by atomic mass is 16.2. The molecular formula is C17H24N2O. The van der Waals surface area contributed by atoms with Crippen LogP contribution in [0.1, 0.15) is 38.2 Å². The highest BCUT2D eigenvalue weighted by Gasteiger charge is 2.56. The molecule has 0 aromatic heterocycles. The topological polar surface area (TPSA) is 41.1 Å². The van der Waals surface area contributed by atoms with Crippen LogP contribution in [0.3, 0.4) is 0 Å². The lowest BCUT2D eigenvalue weighted by molar-refractivity contribution is -0.118. The van der Waals surface area contributed by atoms with E-state index >= 15 is 0 Å². The first-order chi connectivity index (χ1) is 9.79. The number of nitrogens with one attached hydrogen (secondary N) is 2. The largest absolute Gasteiger partial charge is 0.326 e. The third-order valence-corrected chi connectivity index (χ3v) is 4.69. The van der Waals surface area contributed by atoms with Gasteiger partial charge in [0.1, 0.15) is 0 Å². The van der Waals surface area contributed by atoms with Crippen molar-refractivity contribution < 1.29 is 4.79 Å². The second-order valence-electron chi connectivity index (χ2n) is 6.15. The maximum Gasteiger partial charge on any atom is 0.228 e. The summed E-state index contributed by atoms with van der Waals surface area (Å²) in [6.45, 7) is 4.11. The molecule has 1 amide bonds. The van der Waals surface area contributed by atoms with Gasteiger partial charge in [-0.25, -0.2) is 0 Å². The van der Waals surface area contributed by atoms with Gasteiger partial charge in [-0.1, -0.05) is 25.5 Å². The van der Waals surface area contributed by atoms with Gasteiger partial charge in [-0.2, -0.15) is 0 Å². The molecule has 0 bridgehead atoms. The van der Waals surface area contributed by atoms with E-state index in [2.05, 4.69) is 29.7 Å². The zero-order chi connectivity index (χ0) is 13.9. The number of rotatable bonds is 6. The lowest BCUT2D eigenvalue weighted by Crippen LogP contribution is -2.17. The molecule has 108 valence electrons. The quantitative estimate of drug-likeness (QED) is 0.781. The van der Waals surface area contributed by atoms with E-state index in [1.165, 1.54) is 24.8 Å². The SMILES string of the molecule is CCCNCc1ccc(NC(=O)C2C3CCCC32)cc1. The van der Waals surface area contributed by atoms with Gasteiger partial charge in [-0.15, -0.1) is 0 Å². The van der Waals surface area contributed by atoms with E-state index in [9.17, 15) is 4.79 Å². The van der Waals surface area contributed by atoms with E-state index in [4.69, 9.17) is 0 Å². The van der Waals surface area contributed by atoms with Crippen LogP contribution in [0.15, 0.2) is 24.3 Å². The summed E-state index contributed by atoms with van der Waals surface area (Å²) in [5.74, 6) is 1.91. The molecule has 2 unspecified atom stereocenters. The molecule has 2 atom stereocenters. The molecule has 3 heteroatoms. The number of carbonyl (C=O) groups excluding carboxylic acids is 1. The number of benzene rings is 1. The normalized spacial score (nSPS) is 27.1. The van der Waals surface area contributed by atoms with E-state index in [1.807, 2.05) is 12.1 Å². The summed E-state index contributed by atoms with van der Waals surface area (Å²) in [4.78, 5) is 12.2. The first kappa shape index (κ1) is 13.6. The first-order valence-corrected chi connectivity index (χ1v) is 7.90. The van der Waals surface area contributed by atoms with Crippen molar-refractivity contribution in [2.45, 2.75) is 39.2 Å². The molecule has 1 aromatic rings. The van der Waals surface area contributed by atoms with Crippen molar-refractivity contribution in [1.29, 1.82) is 0 Å². The van der Waals surface area contributed by atoms with Gasteiger partial charge in [0, 0.05) is 18.2 Å². The molecule has 20 heavy (non-hydrogen) atoms. The summed E-state index contributed by atoms with van der Waals surface area (Å²) in [5, 5.41) is 6.45. The molecule has 2 aliphatic rings. The van der Waals surface area contributed by atoms with Gasteiger partial charge in [0.25, 0.3) is 0 Å². The molecule has 0 spiro atoms. The van der Waals surface area contributed by atoms with Crippen molar-refractivity contribution in [2.75, 3.05) is 11.9 Å². The summed E-state index contributed by atoms with van der Waals surface area (Å²) in [5.41, 5.74) is 2.19. The Morgan fingerprint density at radius 3 is 2.55 bits per heavy atom. The molecule has 0 aliphatic heterocycles. The zero-order valence-electron chi connectivity index (χ0n) is 12.2. The Labute approximate surface area is 121 Å². The smallest absolute Gasteiger partial charge is 0.228 e. The minimum Gasteiger partial charge on any atom is -0.326 e. The lowest BCUT2D eigenvalue weighted by atomic mass is 10.1. The fraction of sp³-hybridized carbons (Fsp3) is 0.588. The molecule has 0 saturated heterocycles. The number of fused-ring (bicyclic) bond motifs is 1. The Morgan fingerprint density at radius 1 is 1.20 bits per heavy atom. The summed E-state index contributed by atoms with van der Waals surface area (Å²) >= 11 is 0. The molecule has 2 N–H and O–H groups in total. The van der Waals surface area contributed by atoms with E-state index in [1.54, 1.807) is 0 Å². The Hall–Kier alpha value is -1.35. The van der Waals surface area contributed by atoms with E-state index in [0.717, 1.165) is 25.2 Å². The number of anilines is 1. The molecule has 2 fully saturated rings. The Balaban J connectivity index is 1.49. The van der Waals surface area contributed by atoms with Crippen molar-refractivity contribution in [3.05, 3.63) is 29.8 Å². The van der Waals surface area contributed by atoms with Crippen LogP contribution in [0.25, 0.3) is 0 Å². The van der Waals surface area contributed by atoms with Gasteiger partial charge in [-0.3, -0.25) is 4.79 Å². The van der Waals surface area contributed by atoms with Crippen LogP contribution in [0.5, 0.6) is 0 Å². The first-order valence-electron chi connectivity index (χ1n) is 7.90. The summed E-state index contributed by atoms with van der Waals surface area (Å²) < 4.78 is 0. The second kappa shape index (κ2) is 5.96. The highest BCUT2D eigenvalue weighted by molar-refractivity contribution is 5.95. The molecular weight excluding hydrogens is 248 g/mol. The van der Waals surface area contributed by atoms with Crippen LogP contribution >= 0.6 is 0 Å². The van der Waals surface area contributed by atoms with Crippen molar-refractivity contribution in [2.24, 2.45) is 17.8 Å². The molecule has 0 radical (unpaired) electrons. The van der Waals surface area contributed by atoms with Crippen LogP contribution in [0.4, 0.5) is 5.69 Å². The lowest BCUT2D eigenvalue weighted by Gasteiger charge is -2.08. The van der Waals surface area contributed by atoms with Crippen molar-refractivity contribution in [3.63, 3.8) is 0 Å². The number of carbonyl (C=O) groups is 1. The summed E-state index contributed by atoms with van der Waals surface area (Å²) in [6, 6.07) is 8.20. The Bertz CT molecular complexity index is 458. The summed E-state index contributed by atoms with van der Waals surface area (Å²) in [7, 11) is 0. The molecule has 3 nitrogen and oxygen atoms in total. The monoisotopic (exact) mass is 272 g/mol. The Kier molecular flexibility index (Phi) is 4.06. The molecule has 1 aromatic carbocycles. The van der Waals surface area contributed by atoms with Crippen LogP contribution in [-0.2, 0) is 11.3 Å².